The Labute approximate surface area is 96.8 Å². The maximum absolute atomic E-state index is 6.05. The zero-order chi connectivity index (χ0) is 11.2. The molecule has 0 saturated heterocycles. The average Bonchev–Trinajstić information content (AvgIpc) is 3.07. The smallest absolute Gasteiger partial charge is 0.192 e. The normalized spacial score (nSPS) is 39.2. The number of ether oxygens (including phenoxy) is 1. The second kappa shape index (κ2) is 3.62. The maximum Gasteiger partial charge on any atom is 0.192 e. The van der Waals surface area contributed by atoms with Gasteiger partial charge in [-0.1, -0.05) is 0 Å². The molecule has 2 N–H and O–H groups in total. The lowest BCUT2D eigenvalue weighted by molar-refractivity contribution is 0.00721. The molecule has 0 aromatic carbocycles. The van der Waals surface area contributed by atoms with E-state index in [1.54, 1.807) is 0 Å². The Bertz CT molecular complexity index is 313. The molecule has 1 spiro atoms. The molecule has 4 heteroatoms. The van der Waals surface area contributed by atoms with E-state index in [0.29, 0.717) is 12.1 Å². The Morgan fingerprint density at radius 2 is 2.25 bits per heavy atom. The van der Waals surface area contributed by atoms with Crippen LogP contribution in [0.1, 0.15) is 38.5 Å². The van der Waals surface area contributed by atoms with Gasteiger partial charge in [0.15, 0.2) is 5.96 Å². The molecule has 0 amide bonds. The van der Waals surface area contributed by atoms with Crippen LogP contribution in [0, 0.1) is 0 Å². The first-order valence-corrected chi connectivity index (χ1v) is 6.37. The second-order valence-corrected chi connectivity index (χ2v) is 5.45. The summed E-state index contributed by atoms with van der Waals surface area (Å²) in [4.78, 5) is 6.90. The molecule has 2 unspecified atom stereocenters. The number of rotatable bonds is 2. The first kappa shape index (κ1) is 10.4. The lowest BCUT2D eigenvalue weighted by Gasteiger charge is -2.44. The van der Waals surface area contributed by atoms with Gasteiger partial charge in [-0.15, -0.1) is 0 Å². The van der Waals surface area contributed by atoms with E-state index in [1.807, 2.05) is 7.11 Å². The largest absolute Gasteiger partial charge is 0.381 e. The minimum Gasteiger partial charge on any atom is -0.381 e. The van der Waals surface area contributed by atoms with Crippen molar-refractivity contribution in [1.29, 1.82) is 0 Å². The number of aliphatic imine (C=N–C) groups is 1. The zero-order valence-corrected chi connectivity index (χ0v) is 9.98. The molecular formula is C12H21N3O. The molecule has 2 atom stereocenters. The first-order chi connectivity index (χ1) is 7.75. The minimum absolute atomic E-state index is 0.199. The Hall–Kier alpha value is -0.770. The monoisotopic (exact) mass is 223 g/mol. The zero-order valence-electron chi connectivity index (χ0n) is 9.98. The molecule has 1 aliphatic heterocycles. The van der Waals surface area contributed by atoms with Crippen LogP contribution in [0.4, 0.5) is 0 Å². The second-order valence-electron chi connectivity index (χ2n) is 5.45. The van der Waals surface area contributed by atoms with Crippen LogP contribution in [0.15, 0.2) is 4.99 Å². The predicted octanol–water partition coefficient (Wildman–Crippen LogP) is 1.11. The summed E-state index contributed by atoms with van der Waals surface area (Å²) in [6, 6.07) is 0.668. The molecule has 90 valence electrons. The summed E-state index contributed by atoms with van der Waals surface area (Å²) in [7, 11) is 1.82. The van der Waals surface area contributed by atoms with Crippen molar-refractivity contribution in [2.24, 2.45) is 10.7 Å². The Morgan fingerprint density at radius 1 is 1.44 bits per heavy atom. The number of nitrogens with two attached hydrogens (primary N) is 1. The number of hydrogen-bond acceptors (Lipinski definition) is 4. The van der Waals surface area contributed by atoms with Crippen molar-refractivity contribution in [3.8, 4) is 0 Å². The fraction of sp³-hybridized carbons (Fsp3) is 0.917. The van der Waals surface area contributed by atoms with E-state index >= 15 is 0 Å². The molecule has 3 rings (SSSR count). The molecule has 0 aromatic heterocycles. The van der Waals surface area contributed by atoms with Crippen LogP contribution in [0.25, 0.3) is 0 Å². The summed E-state index contributed by atoms with van der Waals surface area (Å²) in [5.74, 6) is 0.777. The van der Waals surface area contributed by atoms with Gasteiger partial charge in [0.1, 0.15) is 0 Å². The van der Waals surface area contributed by atoms with E-state index in [2.05, 4.69) is 9.89 Å². The van der Waals surface area contributed by atoms with Crippen LogP contribution >= 0.6 is 0 Å². The molecule has 0 bridgehead atoms. The fourth-order valence-electron chi connectivity index (χ4n) is 3.38. The van der Waals surface area contributed by atoms with Gasteiger partial charge in [-0.3, -0.25) is 4.99 Å². The molecule has 2 aliphatic carbocycles. The van der Waals surface area contributed by atoms with E-state index in [0.717, 1.165) is 18.9 Å². The highest BCUT2D eigenvalue weighted by Crippen LogP contribution is 2.43. The Kier molecular flexibility index (Phi) is 2.35. The number of guanidine groups is 1. The fourth-order valence-corrected chi connectivity index (χ4v) is 3.38. The van der Waals surface area contributed by atoms with Crippen molar-refractivity contribution in [2.75, 3.05) is 13.7 Å². The molecule has 0 aromatic rings. The van der Waals surface area contributed by atoms with Crippen LogP contribution in [0.5, 0.6) is 0 Å². The topological polar surface area (TPSA) is 50.9 Å². The van der Waals surface area contributed by atoms with Gasteiger partial charge < -0.3 is 15.4 Å². The summed E-state index contributed by atoms with van der Waals surface area (Å²) < 4.78 is 5.54. The van der Waals surface area contributed by atoms with Crippen molar-refractivity contribution < 1.29 is 4.74 Å². The summed E-state index contributed by atoms with van der Waals surface area (Å²) in [5.41, 5.74) is 6.25. The molecule has 3 aliphatic rings. The van der Waals surface area contributed by atoms with Crippen molar-refractivity contribution in [3.63, 3.8) is 0 Å². The average molecular weight is 223 g/mol. The van der Waals surface area contributed by atoms with Crippen molar-refractivity contribution in [2.45, 2.75) is 56.2 Å². The van der Waals surface area contributed by atoms with Crippen LogP contribution in [-0.4, -0.2) is 42.2 Å². The van der Waals surface area contributed by atoms with Gasteiger partial charge >= 0.3 is 0 Å². The Morgan fingerprint density at radius 3 is 2.94 bits per heavy atom. The maximum atomic E-state index is 6.05. The van der Waals surface area contributed by atoms with E-state index in [-0.39, 0.29) is 5.54 Å². The van der Waals surface area contributed by atoms with Gasteiger partial charge in [0.2, 0.25) is 0 Å². The van der Waals surface area contributed by atoms with Gasteiger partial charge in [0, 0.05) is 13.2 Å². The van der Waals surface area contributed by atoms with Crippen LogP contribution in [0.2, 0.25) is 0 Å². The minimum atomic E-state index is 0.199. The third-order valence-corrected chi connectivity index (χ3v) is 4.31. The van der Waals surface area contributed by atoms with Crippen molar-refractivity contribution in [3.05, 3.63) is 0 Å². The van der Waals surface area contributed by atoms with Crippen LogP contribution in [-0.2, 0) is 4.74 Å². The number of nitrogens with zero attached hydrogens (tertiary/aromatic N) is 2. The highest BCUT2D eigenvalue weighted by atomic mass is 16.5. The van der Waals surface area contributed by atoms with Gasteiger partial charge in [0.25, 0.3) is 0 Å². The van der Waals surface area contributed by atoms with E-state index in [4.69, 9.17) is 10.5 Å². The summed E-state index contributed by atoms with van der Waals surface area (Å²) in [6.45, 7) is 0.884. The molecule has 1 heterocycles. The highest BCUT2D eigenvalue weighted by molar-refractivity contribution is 5.81. The van der Waals surface area contributed by atoms with E-state index in [9.17, 15) is 0 Å². The molecule has 2 saturated carbocycles. The van der Waals surface area contributed by atoms with Gasteiger partial charge in [-0.2, -0.15) is 0 Å². The quantitative estimate of drug-likeness (QED) is 0.763. The molecule has 0 radical (unpaired) electrons. The highest BCUT2D eigenvalue weighted by Gasteiger charge is 2.50. The first-order valence-electron chi connectivity index (χ1n) is 6.37. The Balaban J connectivity index is 1.81. The van der Waals surface area contributed by atoms with Gasteiger partial charge in [0.05, 0.1) is 18.2 Å². The molecule has 16 heavy (non-hydrogen) atoms. The van der Waals surface area contributed by atoms with E-state index in [1.165, 1.54) is 32.1 Å². The standard InChI is InChI=1S/C12H21N3O/c1-16-10-3-2-6-12(7-10)8-14-11(13)15(12)9-4-5-9/h9-10H,2-8H2,1H3,(H2,13,14). The van der Waals surface area contributed by atoms with Crippen LogP contribution < -0.4 is 5.73 Å². The van der Waals surface area contributed by atoms with Gasteiger partial charge in [-0.25, -0.2) is 0 Å². The SMILES string of the molecule is COC1CCCC2(CN=C(N)N2C2CC2)C1. The van der Waals surface area contributed by atoms with Crippen molar-refractivity contribution >= 4 is 5.96 Å². The third-order valence-electron chi connectivity index (χ3n) is 4.31. The number of hydrogen-bond donors (Lipinski definition) is 1. The molecule has 4 nitrogen and oxygen atoms in total. The van der Waals surface area contributed by atoms with Crippen molar-refractivity contribution in [1.82, 2.24) is 4.90 Å². The third kappa shape index (κ3) is 1.51. The molecular weight excluding hydrogens is 202 g/mol. The predicted molar refractivity (Wildman–Crippen MR) is 63.3 cm³/mol. The van der Waals surface area contributed by atoms with Crippen LogP contribution in [0.3, 0.4) is 0 Å². The lowest BCUT2D eigenvalue weighted by Crippen LogP contribution is -2.56. The van der Waals surface area contributed by atoms with Gasteiger partial charge in [-0.05, 0) is 38.5 Å². The lowest BCUT2D eigenvalue weighted by atomic mass is 9.79. The summed E-state index contributed by atoms with van der Waals surface area (Å²) in [5, 5.41) is 0. The number of methoxy groups -OCH3 is 1. The summed E-state index contributed by atoms with van der Waals surface area (Å²) in [6.07, 6.45) is 7.74. The summed E-state index contributed by atoms with van der Waals surface area (Å²) >= 11 is 0. The molecule has 2 fully saturated rings. The van der Waals surface area contributed by atoms with E-state index < -0.39 is 0 Å².